The zero-order valence-electron chi connectivity index (χ0n) is 8.68. The molecule has 15 heavy (non-hydrogen) atoms. The van der Waals surface area contributed by atoms with E-state index in [-0.39, 0.29) is 11.8 Å². The summed E-state index contributed by atoms with van der Waals surface area (Å²) < 4.78 is 1.17. The molecule has 0 unspecified atom stereocenters. The largest absolute Gasteiger partial charge is 0.325 e. The highest BCUT2D eigenvalue weighted by Gasteiger charge is 2.09. The molecule has 0 atom stereocenters. The van der Waals surface area contributed by atoms with E-state index in [1.807, 2.05) is 12.1 Å². The lowest BCUT2D eigenvalue weighted by Gasteiger charge is -2.13. The van der Waals surface area contributed by atoms with E-state index in [0.717, 1.165) is 11.3 Å². The van der Waals surface area contributed by atoms with E-state index >= 15 is 0 Å². The topological polar surface area (TPSA) is 29.1 Å². The third-order valence-electron chi connectivity index (χ3n) is 2.03. The van der Waals surface area contributed by atoms with Crippen molar-refractivity contribution in [1.82, 2.24) is 0 Å². The minimum atomic E-state index is -0.167. The Morgan fingerprint density at radius 2 is 2.20 bits per heavy atom. The van der Waals surface area contributed by atoms with Gasteiger partial charge in [-0.3, -0.25) is 4.79 Å². The molecule has 0 saturated carbocycles. The van der Waals surface area contributed by atoms with Crippen LogP contribution in [0.15, 0.2) is 18.2 Å². The SMILES string of the molecule is CC(C)c1cc(I)ccc1NC(=O)CCl. The fourth-order valence-corrected chi connectivity index (χ4v) is 1.89. The van der Waals surface area contributed by atoms with Gasteiger partial charge in [-0.15, -0.1) is 11.6 Å². The molecule has 1 N–H and O–H groups in total. The lowest BCUT2D eigenvalue weighted by molar-refractivity contribution is -0.113. The van der Waals surface area contributed by atoms with Crippen molar-refractivity contribution >= 4 is 45.8 Å². The maximum Gasteiger partial charge on any atom is 0.239 e. The molecule has 0 saturated heterocycles. The summed E-state index contributed by atoms with van der Waals surface area (Å²) in [6.45, 7) is 4.20. The average molecular weight is 338 g/mol. The molecule has 0 bridgehead atoms. The van der Waals surface area contributed by atoms with E-state index in [1.54, 1.807) is 0 Å². The van der Waals surface area contributed by atoms with Crippen LogP contribution in [0.1, 0.15) is 25.3 Å². The highest BCUT2D eigenvalue weighted by Crippen LogP contribution is 2.26. The second-order valence-corrected chi connectivity index (χ2v) is 5.08. The van der Waals surface area contributed by atoms with Gasteiger partial charge in [-0.1, -0.05) is 13.8 Å². The molecule has 1 amide bonds. The number of rotatable bonds is 3. The number of halogens is 2. The van der Waals surface area contributed by atoms with Crippen molar-refractivity contribution in [2.45, 2.75) is 19.8 Å². The molecule has 0 aromatic heterocycles. The molecule has 1 aromatic carbocycles. The van der Waals surface area contributed by atoms with Crippen LogP contribution in [0.25, 0.3) is 0 Å². The number of carbonyl (C=O) groups excluding carboxylic acids is 1. The third-order valence-corrected chi connectivity index (χ3v) is 2.94. The molecular weight excluding hydrogens is 324 g/mol. The molecule has 0 spiro atoms. The van der Waals surface area contributed by atoms with Crippen molar-refractivity contribution in [1.29, 1.82) is 0 Å². The smallest absolute Gasteiger partial charge is 0.239 e. The Morgan fingerprint density at radius 3 is 2.73 bits per heavy atom. The van der Waals surface area contributed by atoms with Gasteiger partial charge >= 0.3 is 0 Å². The quantitative estimate of drug-likeness (QED) is 0.663. The van der Waals surface area contributed by atoms with Crippen LogP contribution < -0.4 is 5.32 Å². The minimum absolute atomic E-state index is 0.0104. The summed E-state index contributed by atoms with van der Waals surface area (Å²) in [5.74, 6) is 0.203. The van der Waals surface area contributed by atoms with Crippen LogP contribution in [0.3, 0.4) is 0 Å². The summed E-state index contributed by atoms with van der Waals surface area (Å²) in [5.41, 5.74) is 2.00. The van der Waals surface area contributed by atoms with Crippen LogP contribution in [-0.2, 0) is 4.79 Å². The van der Waals surface area contributed by atoms with Gasteiger partial charge in [-0.2, -0.15) is 0 Å². The van der Waals surface area contributed by atoms with Crippen LogP contribution >= 0.6 is 34.2 Å². The zero-order chi connectivity index (χ0) is 11.4. The van der Waals surface area contributed by atoms with Gasteiger partial charge in [0, 0.05) is 9.26 Å². The average Bonchev–Trinajstić information content (AvgIpc) is 2.20. The van der Waals surface area contributed by atoms with E-state index in [9.17, 15) is 4.79 Å². The summed E-state index contributed by atoms with van der Waals surface area (Å²) in [6.07, 6.45) is 0. The number of benzene rings is 1. The number of anilines is 1. The van der Waals surface area contributed by atoms with Crippen molar-refractivity contribution in [3.63, 3.8) is 0 Å². The number of hydrogen-bond donors (Lipinski definition) is 1. The summed E-state index contributed by atoms with van der Waals surface area (Å²) in [6, 6.07) is 5.97. The minimum Gasteiger partial charge on any atom is -0.325 e. The van der Waals surface area contributed by atoms with Crippen LogP contribution in [0, 0.1) is 3.57 Å². The van der Waals surface area contributed by atoms with Crippen molar-refractivity contribution in [3.8, 4) is 0 Å². The van der Waals surface area contributed by atoms with E-state index in [2.05, 4.69) is 47.8 Å². The van der Waals surface area contributed by atoms with Crippen molar-refractivity contribution < 1.29 is 4.79 Å². The van der Waals surface area contributed by atoms with Gasteiger partial charge in [-0.25, -0.2) is 0 Å². The molecule has 1 aromatic rings. The Kier molecular flexibility index (Phi) is 4.86. The van der Waals surface area contributed by atoms with E-state index in [4.69, 9.17) is 11.6 Å². The first-order valence-corrected chi connectivity index (χ1v) is 6.31. The number of nitrogens with one attached hydrogen (secondary N) is 1. The number of alkyl halides is 1. The van der Waals surface area contributed by atoms with E-state index in [1.165, 1.54) is 3.57 Å². The summed E-state index contributed by atoms with van der Waals surface area (Å²) in [5, 5.41) is 2.79. The molecule has 0 fully saturated rings. The molecule has 0 aliphatic rings. The predicted molar refractivity (Wildman–Crippen MR) is 72.6 cm³/mol. The first-order valence-electron chi connectivity index (χ1n) is 4.70. The lowest BCUT2D eigenvalue weighted by atomic mass is 10.0. The lowest BCUT2D eigenvalue weighted by Crippen LogP contribution is -2.14. The van der Waals surface area contributed by atoms with Gasteiger partial charge in [0.25, 0.3) is 0 Å². The van der Waals surface area contributed by atoms with Gasteiger partial charge < -0.3 is 5.32 Å². The highest BCUT2D eigenvalue weighted by atomic mass is 127. The van der Waals surface area contributed by atoms with Gasteiger partial charge in [0.15, 0.2) is 0 Å². The molecule has 0 aliphatic heterocycles. The Bertz CT molecular complexity index is 366. The Morgan fingerprint density at radius 1 is 1.53 bits per heavy atom. The maximum atomic E-state index is 11.2. The Labute approximate surface area is 109 Å². The molecule has 2 nitrogen and oxygen atoms in total. The standard InChI is InChI=1S/C11H13ClINO/c1-7(2)9-5-8(13)3-4-10(9)14-11(15)6-12/h3-5,7H,6H2,1-2H3,(H,14,15). The van der Waals surface area contributed by atoms with Crippen molar-refractivity contribution in [3.05, 3.63) is 27.3 Å². The first-order chi connectivity index (χ1) is 7.04. The molecule has 0 radical (unpaired) electrons. The maximum absolute atomic E-state index is 11.2. The monoisotopic (exact) mass is 337 g/mol. The summed E-state index contributed by atoms with van der Waals surface area (Å²) >= 11 is 7.71. The molecule has 0 aliphatic carbocycles. The van der Waals surface area contributed by atoms with E-state index < -0.39 is 0 Å². The van der Waals surface area contributed by atoms with Crippen LogP contribution in [0.5, 0.6) is 0 Å². The fourth-order valence-electron chi connectivity index (χ4n) is 1.31. The molecule has 0 heterocycles. The molecule has 4 heteroatoms. The summed E-state index contributed by atoms with van der Waals surface area (Å²) in [7, 11) is 0. The molecule has 82 valence electrons. The van der Waals surface area contributed by atoms with Crippen LogP contribution in [0.4, 0.5) is 5.69 Å². The number of amides is 1. The normalized spacial score (nSPS) is 10.5. The zero-order valence-corrected chi connectivity index (χ0v) is 11.6. The fraction of sp³-hybridized carbons (Fsp3) is 0.364. The van der Waals surface area contributed by atoms with Crippen LogP contribution in [-0.4, -0.2) is 11.8 Å². The number of hydrogen-bond acceptors (Lipinski definition) is 1. The Hall–Kier alpha value is -0.290. The van der Waals surface area contributed by atoms with Gasteiger partial charge in [0.1, 0.15) is 5.88 Å². The predicted octanol–water partition coefficient (Wildman–Crippen LogP) is 3.59. The number of carbonyl (C=O) groups is 1. The van der Waals surface area contributed by atoms with Crippen molar-refractivity contribution in [2.75, 3.05) is 11.2 Å². The molecule has 1 rings (SSSR count). The van der Waals surface area contributed by atoms with Gasteiger partial charge in [0.05, 0.1) is 0 Å². The van der Waals surface area contributed by atoms with Crippen LogP contribution in [0.2, 0.25) is 0 Å². The van der Waals surface area contributed by atoms with Gasteiger partial charge in [-0.05, 0) is 52.3 Å². The van der Waals surface area contributed by atoms with E-state index in [0.29, 0.717) is 5.92 Å². The third kappa shape index (κ3) is 3.65. The first kappa shape index (κ1) is 12.8. The highest BCUT2D eigenvalue weighted by molar-refractivity contribution is 14.1. The second kappa shape index (κ2) is 5.70. The Balaban J connectivity index is 3.00. The second-order valence-electron chi connectivity index (χ2n) is 3.57. The molecular formula is C11H13ClINO. The van der Waals surface area contributed by atoms with Gasteiger partial charge in [0.2, 0.25) is 5.91 Å². The van der Waals surface area contributed by atoms with Crippen molar-refractivity contribution in [2.24, 2.45) is 0 Å². The summed E-state index contributed by atoms with van der Waals surface area (Å²) in [4.78, 5) is 11.2.